The molecule has 2 aromatic heterocycles. The molecule has 3 aromatic rings. The minimum atomic E-state index is -0.284. The van der Waals surface area contributed by atoms with Gasteiger partial charge in [-0.3, -0.25) is 4.79 Å². The van der Waals surface area contributed by atoms with Gasteiger partial charge in [0.25, 0.3) is 5.91 Å². The van der Waals surface area contributed by atoms with Crippen LogP contribution in [0.3, 0.4) is 0 Å². The van der Waals surface area contributed by atoms with Crippen molar-refractivity contribution in [1.29, 1.82) is 0 Å². The molecular formula is C18H18N4O2. The first-order chi connectivity index (χ1) is 11.7. The molecule has 0 spiro atoms. The summed E-state index contributed by atoms with van der Waals surface area (Å²) in [6.07, 6.45) is 5.53. The number of fused-ring (bicyclic) bond motifs is 1. The predicted octanol–water partition coefficient (Wildman–Crippen LogP) is 3.44. The Morgan fingerprint density at radius 2 is 2.21 bits per heavy atom. The number of aryl methyl sites for hydroxylation is 3. The van der Waals surface area contributed by atoms with E-state index in [1.54, 1.807) is 13.0 Å². The van der Waals surface area contributed by atoms with Crippen LogP contribution in [0.5, 0.6) is 0 Å². The maximum atomic E-state index is 12.2. The fourth-order valence-electron chi connectivity index (χ4n) is 2.98. The van der Waals surface area contributed by atoms with Crippen LogP contribution in [0.15, 0.2) is 41.1 Å². The number of benzene rings is 1. The number of nitrogens with one attached hydrogen (secondary N) is 1. The van der Waals surface area contributed by atoms with Gasteiger partial charge in [-0.15, -0.1) is 0 Å². The molecule has 0 atom stereocenters. The summed E-state index contributed by atoms with van der Waals surface area (Å²) in [5.74, 6) is 1.47. The Hall–Kier alpha value is -2.89. The Bertz CT molecular complexity index is 871. The lowest BCUT2D eigenvalue weighted by atomic mass is 10.1. The Labute approximate surface area is 139 Å². The molecule has 0 fully saturated rings. The van der Waals surface area contributed by atoms with E-state index in [4.69, 9.17) is 9.51 Å². The number of anilines is 1. The predicted molar refractivity (Wildman–Crippen MR) is 89.8 cm³/mol. The SMILES string of the molecule is Cc1cc(C(=O)Nc2cccc(-c3cn4c(n3)CCCC4)c2)no1. The van der Waals surface area contributed by atoms with E-state index >= 15 is 0 Å². The molecule has 0 saturated heterocycles. The first kappa shape index (κ1) is 14.7. The largest absolute Gasteiger partial charge is 0.361 e. The molecule has 6 nitrogen and oxygen atoms in total. The molecule has 1 amide bonds. The summed E-state index contributed by atoms with van der Waals surface area (Å²) >= 11 is 0. The lowest BCUT2D eigenvalue weighted by Crippen LogP contribution is -2.12. The maximum absolute atomic E-state index is 12.2. The number of nitrogens with zero attached hydrogens (tertiary/aromatic N) is 3. The van der Waals surface area contributed by atoms with E-state index in [0.29, 0.717) is 11.4 Å². The van der Waals surface area contributed by atoms with Gasteiger partial charge in [-0.2, -0.15) is 0 Å². The van der Waals surface area contributed by atoms with Gasteiger partial charge < -0.3 is 14.4 Å². The molecule has 0 bridgehead atoms. The van der Waals surface area contributed by atoms with Gasteiger partial charge in [-0.1, -0.05) is 17.3 Å². The molecule has 6 heteroatoms. The van der Waals surface area contributed by atoms with Crippen molar-refractivity contribution in [3.63, 3.8) is 0 Å². The average Bonchev–Trinajstić information content (AvgIpc) is 3.21. The zero-order chi connectivity index (χ0) is 16.5. The number of amides is 1. The highest BCUT2D eigenvalue weighted by molar-refractivity contribution is 6.03. The van der Waals surface area contributed by atoms with Crippen LogP contribution in [-0.4, -0.2) is 20.6 Å². The van der Waals surface area contributed by atoms with Crippen molar-refractivity contribution < 1.29 is 9.32 Å². The highest BCUT2D eigenvalue weighted by atomic mass is 16.5. The first-order valence-corrected chi connectivity index (χ1v) is 8.10. The first-order valence-electron chi connectivity index (χ1n) is 8.10. The van der Waals surface area contributed by atoms with Gasteiger partial charge in [-0.25, -0.2) is 4.98 Å². The van der Waals surface area contributed by atoms with Crippen molar-refractivity contribution >= 4 is 11.6 Å². The van der Waals surface area contributed by atoms with Crippen LogP contribution in [-0.2, 0) is 13.0 Å². The molecule has 0 saturated carbocycles. The summed E-state index contributed by atoms with van der Waals surface area (Å²) in [7, 11) is 0. The van der Waals surface area contributed by atoms with Crippen molar-refractivity contribution in [2.75, 3.05) is 5.32 Å². The summed E-state index contributed by atoms with van der Waals surface area (Å²) in [6.45, 7) is 2.79. The fraction of sp³-hybridized carbons (Fsp3) is 0.278. The second-order valence-electron chi connectivity index (χ2n) is 6.05. The molecule has 122 valence electrons. The summed E-state index contributed by atoms with van der Waals surface area (Å²) in [5, 5.41) is 6.58. The van der Waals surface area contributed by atoms with E-state index in [-0.39, 0.29) is 11.6 Å². The van der Waals surface area contributed by atoms with Gasteiger partial charge in [0.1, 0.15) is 11.6 Å². The standard InChI is InChI=1S/C18H18N4O2/c1-12-9-15(21-24-12)18(23)19-14-6-4-5-13(10-14)16-11-22-8-3-2-7-17(22)20-16/h4-6,9-11H,2-3,7-8H2,1H3,(H,19,23). The molecular weight excluding hydrogens is 304 g/mol. The lowest BCUT2D eigenvalue weighted by molar-refractivity contribution is 0.101. The van der Waals surface area contributed by atoms with E-state index in [1.807, 2.05) is 24.3 Å². The van der Waals surface area contributed by atoms with Gasteiger partial charge >= 0.3 is 0 Å². The molecule has 1 aliphatic rings. The normalized spacial score (nSPS) is 13.5. The van der Waals surface area contributed by atoms with Crippen molar-refractivity contribution in [1.82, 2.24) is 14.7 Å². The fourth-order valence-corrected chi connectivity index (χ4v) is 2.98. The van der Waals surface area contributed by atoms with Crippen molar-refractivity contribution in [3.8, 4) is 11.3 Å². The van der Waals surface area contributed by atoms with Crippen molar-refractivity contribution in [2.45, 2.75) is 32.7 Å². The molecule has 1 aromatic carbocycles. The van der Waals surface area contributed by atoms with E-state index in [9.17, 15) is 4.79 Å². The minimum Gasteiger partial charge on any atom is -0.361 e. The van der Waals surface area contributed by atoms with E-state index in [1.165, 1.54) is 12.8 Å². The number of imidazole rings is 1. The van der Waals surface area contributed by atoms with Gasteiger partial charge in [0.2, 0.25) is 0 Å². The molecule has 1 N–H and O–H groups in total. The molecule has 0 unspecified atom stereocenters. The lowest BCUT2D eigenvalue weighted by Gasteiger charge is -2.11. The third-order valence-corrected chi connectivity index (χ3v) is 4.19. The van der Waals surface area contributed by atoms with Crippen LogP contribution in [0.25, 0.3) is 11.3 Å². The maximum Gasteiger partial charge on any atom is 0.277 e. The van der Waals surface area contributed by atoms with Gasteiger partial charge in [0.05, 0.1) is 5.69 Å². The highest BCUT2D eigenvalue weighted by Crippen LogP contribution is 2.25. The smallest absolute Gasteiger partial charge is 0.277 e. The average molecular weight is 322 g/mol. The third kappa shape index (κ3) is 2.82. The van der Waals surface area contributed by atoms with Gasteiger partial charge in [0, 0.05) is 36.5 Å². The number of rotatable bonds is 3. The molecule has 0 radical (unpaired) electrons. The molecule has 4 rings (SSSR count). The summed E-state index contributed by atoms with van der Waals surface area (Å²) in [4.78, 5) is 16.9. The Morgan fingerprint density at radius 1 is 1.29 bits per heavy atom. The Morgan fingerprint density at radius 3 is 3.00 bits per heavy atom. The zero-order valence-electron chi connectivity index (χ0n) is 13.5. The van der Waals surface area contributed by atoms with Crippen LogP contribution in [0.4, 0.5) is 5.69 Å². The van der Waals surface area contributed by atoms with Crippen molar-refractivity contribution in [3.05, 3.63) is 53.8 Å². The van der Waals surface area contributed by atoms with Crippen LogP contribution in [0, 0.1) is 6.92 Å². The number of carbonyl (C=O) groups is 1. The quantitative estimate of drug-likeness (QED) is 0.802. The number of carbonyl (C=O) groups excluding carboxylic acids is 1. The Kier molecular flexibility index (Phi) is 3.65. The monoisotopic (exact) mass is 322 g/mol. The number of hydrogen-bond donors (Lipinski definition) is 1. The topological polar surface area (TPSA) is 73.0 Å². The van der Waals surface area contributed by atoms with E-state index in [2.05, 4.69) is 21.2 Å². The second kappa shape index (κ2) is 5.96. The van der Waals surface area contributed by atoms with Crippen LogP contribution in [0.2, 0.25) is 0 Å². The van der Waals surface area contributed by atoms with Crippen LogP contribution in [0.1, 0.15) is 34.9 Å². The summed E-state index contributed by atoms with van der Waals surface area (Å²) < 4.78 is 7.16. The molecule has 24 heavy (non-hydrogen) atoms. The van der Waals surface area contributed by atoms with Crippen molar-refractivity contribution in [2.24, 2.45) is 0 Å². The summed E-state index contributed by atoms with van der Waals surface area (Å²) in [5.41, 5.74) is 2.92. The third-order valence-electron chi connectivity index (χ3n) is 4.19. The summed E-state index contributed by atoms with van der Waals surface area (Å²) in [6, 6.07) is 9.31. The van der Waals surface area contributed by atoms with Crippen LogP contribution >= 0.6 is 0 Å². The molecule has 0 aliphatic carbocycles. The number of hydrogen-bond acceptors (Lipinski definition) is 4. The zero-order valence-corrected chi connectivity index (χ0v) is 13.5. The second-order valence-corrected chi connectivity index (χ2v) is 6.05. The highest BCUT2D eigenvalue weighted by Gasteiger charge is 2.14. The minimum absolute atomic E-state index is 0.273. The molecule has 1 aliphatic heterocycles. The van der Waals surface area contributed by atoms with Crippen LogP contribution < -0.4 is 5.32 Å². The Balaban J connectivity index is 1.57. The number of aromatic nitrogens is 3. The molecule has 3 heterocycles. The van der Waals surface area contributed by atoms with E-state index in [0.717, 1.165) is 30.0 Å². The van der Waals surface area contributed by atoms with Gasteiger partial charge in [0.15, 0.2) is 5.69 Å². The van der Waals surface area contributed by atoms with Gasteiger partial charge in [-0.05, 0) is 31.9 Å². The van der Waals surface area contributed by atoms with E-state index < -0.39 is 0 Å².